The first kappa shape index (κ1) is 21.8. The van der Waals surface area contributed by atoms with Crippen LogP contribution in [0.5, 0.6) is 0 Å². The van der Waals surface area contributed by atoms with Gasteiger partial charge in [0.25, 0.3) is 5.91 Å². The number of nitrogens with one attached hydrogen (secondary N) is 2. The maximum Gasteiger partial charge on any atom is 0.264 e. The number of guanidine groups is 1. The molecule has 1 saturated heterocycles. The third kappa shape index (κ3) is 3.80. The molecule has 0 radical (unpaired) electrons. The van der Waals surface area contributed by atoms with Gasteiger partial charge >= 0.3 is 0 Å². The molecule has 1 heterocycles. The summed E-state index contributed by atoms with van der Waals surface area (Å²) in [4.78, 5) is 15.3. The van der Waals surface area contributed by atoms with E-state index in [0.29, 0.717) is 5.56 Å². The van der Waals surface area contributed by atoms with Gasteiger partial charge in [0.1, 0.15) is 0 Å². The first-order chi connectivity index (χ1) is 15.2. The second-order valence-electron chi connectivity index (χ2n) is 8.06. The van der Waals surface area contributed by atoms with Crippen molar-refractivity contribution in [2.45, 2.75) is 24.3 Å². The fourth-order valence-corrected chi connectivity index (χ4v) is 4.70. The molecule has 3 aromatic carbocycles. The van der Waals surface area contributed by atoms with Crippen LogP contribution < -0.4 is 5.32 Å². The van der Waals surface area contributed by atoms with Gasteiger partial charge in [-0.05, 0) is 29.2 Å². The number of carbonyl (C=O) groups is 1. The quantitative estimate of drug-likeness (QED) is 0.604. The highest BCUT2D eigenvalue weighted by molar-refractivity contribution is 7.90. The van der Waals surface area contributed by atoms with Crippen molar-refractivity contribution < 1.29 is 13.2 Å². The molecule has 0 aromatic heterocycles. The molecule has 1 unspecified atom stereocenters. The van der Waals surface area contributed by atoms with Gasteiger partial charge in [0.2, 0.25) is 0 Å². The first-order valence-corrected chi connectivity index (χ1v) is 12.3. The van der Waals surface area contributed by atoms with Crippen LogP contribution in [0.25, 0.3) is 0 Å². The predicted molar refractivity (Wildman–Crippen MR) is 125 cm³/mol. The Kier molecular flexibility index (Phi) is 5.60. The fraction of sp³-hybridized carbons (Fsp3) is 0.200. The number of hydrogen-bond acceptors (Lipinski definition) is 4. The third-order valence-corrected chi connectivity index (χ3v) is 7.52. The summed E-state index contributed by atoms with van der Waals surface area (Å²) in [7, 11) is -3.25. The van der Waals surface area contributed by atoms with Crippen molar-refractivity contribution in [3.05, 3.63) is 107 Å². The van der Waals surface area contributed by atoms with Gasteiger partial charge in [-0.25, -0.2) is 8.42 Å². The average Bonchev–Trinajstić information content (AvgIpc) is 3.05. The SMILES string of the molecule is CC(c1cccc(CN2C(=N)NC(c3ccccc3)(c3ccccc3)C2=O)c1)S(C)(=O)=O. The van der Waals surface area contributed by atoms with E-state index in [4.69, 9.17) is 5.41 Å². The first-order valence-electron chi connectivity index (χ1n) is 10.3. The molecular weight excluding hydrogens is 422 g/mol. The summed E-state index contributed by atoms with van der Waals surface area (Å²) >= 11 is 0. The largest absolute Gasteiger partial charge is 0.334 e. The zero-order valence-corrected chi connectivity index (χ0v) is 18.8. The van der Waals surface area contributed by atoms with Crippen LogP contribution in [0.1, 0.15) is 34.4 Å². The van der Waals surface area contributed by atoms with Gasteiger partial charge in [-0.3, -0.25) is 15.1 Å². The zero-order valence-electron chi connectivity index (χ0n) is 17.9. The van der Waals surface area contributed by atoms with Gasteiger partial charge in [0.05, 0.1) is 11.8 Å². The highest BCUT2D eigenvalue weighted by Crippen LogP contribution is 2.36. The molecule has 0 aliphatic carbocycles. The molecule has 4 rings (SSSR count). The topological polar surface area (TPSA) is 90.3 Å². The maximum absolute atomic E-state index is 13.8. The third-order valence-electron chi connectivity index (χ3n) is 5.96. The molecule has 164 valence electrons. The smallest absolute Gasteiger partial charge is 0.264 e. The molecule has 1 atom stereocenters. The van der Waals surface area contributed by atoms with E-state index in [-0.39, 0.29) is 18.4 Å². The Hall–Kier alpha value is -3.45. The molecule has 0 spiro atoms. The standard InChI is InChI=1S/C25H25N3O3S/c1-18(32(2,30)31)20-11-9-10-19(16-20)17-28-23(29)25(27-24(28)26,21-12-5-3-6-13-21)22-14-7-4-8-15-22/h3-16,18H,17H2,1-2H3,(H2,26,27). The van der Waals surface area contributed by atoms with Gasteiger partial charge in [0.15, 0.2) is 21.3 Å². The number of sulfone groups is 1. The Morgan fingerprint density at radius 1 is 0.938 bits per heavy atom. The van der Waals surface area contributed by atoms with Crippen LogP contribution in [0.2, 0.25) is 0 Å². The normalized spacial score (nSPS) is 16.6. The Morgan fingerprint density at radius 3 is 2.03 bits per heavy atom. The highest BCUT2D eigenvalue weighted by Gasteiger charge is 2.52. The molecule has 1 aliphatic rings. The summed E-state index contributed by atoms with van der Waals surface area (Å²) in [6.45, 7) is 1.81. The number of amides is 1. The van der Waals surface area contributed by atoms with Crippen molar-refractivity contribution >= 4 is 21.7 Å². The van der Waals surface area contributed by atoms with E-state index in [1.54, 1.807) is 25.1 Å². The zero-order chi connectivity index (χ0) is 22.9. The lowest BCUT2D eigenvalue weighted by Gasteiger charge is -2.28. The Balaban J connectivity index is 1.72. The van der Waals surface area contributed by atoms with E-state index in [0.717, 1.165) is 16.7 Å². The number of nitrogens with zero attached hydrogens (tertiary/aromatic N) is 1. The van der Waals surface area contributed by atoms with Crippen LogP contribution in [0.3, 0.4) is 0 Å². The van der Waals surface area contributed by atoms with Gasteiger partial charge in [-0.15, -0.1) is 0 Å². The minimum Gasteiger partial charge on any atom is -0.334 e. The van der Waals surface area contributed by atoms with Gasteiger partial charge in [0, 0.05) is 6.26 Å². The summed E-state index contributed by atoms with van der Waals surface area (Å²) in [5.74, 6) is -0.245. The van der Waals surface area contributed by atoms with Gasteiger partial charge < -0.3 is 5.32 Å². The van der Waals surface area contributed by atoms with Crippen molar-refractivity contribution in [2.75, 3.05) is 6.26 Å². The minimum absolute atomic E-state index is 0.00395. The van der Waals surface area contributed by atoms with Crippen molar-refractivity contribution in [3.8, 4) is 0 Å². The molecule has 1 amide bonds. The molecule has 32 heavy (non-hydrogen) atoms. The highest BCUT2D eigenvalue weighted by atomic mass is 32.2. The molecule has 2 N–H and O–H groups in total. The Bertz CT molecular complexity index is 1220. The number of rotatable bonds is 6. The summed E-state index contributed by atoms with van der Waals surface area (Å²) in [5.41, 5.74) is 1.73. The van der Waals surface area contributed by atoms with E-state index in [2.05, 4.69) is 5.32 Å². The second kappa shape index (κ2) is 8.24. The van der Waals surface area contributed by atoms with Crippen molar-refractivity contribution in [2.24, 2.45) is 0 Å². The van der Waals surface area contributed by atoms with Crippen molar-refractivity contribution in [1.82, 2.24) is 10.2 Å². The van der Waals surface area contributed by atoms with Crippen LogP contribution in [0, 0.1) is 5.41 Å². The monoisotopic (exact) mass is 447 g/mol. The second-order valence-corrected chi connectivity index (χ2v) is 10.4. The van der Waals surface area contributed by atoms with Crippen LogP contribution >= 0.6 is 0 Å². The average molecular weight is 448 g/mol. The lowest BCUT2D eigenvalue weighted by molar-refractivity contribution is -0.130. The predicted octanol–water partition coefficient (Wildman–Crippen LogP) is 3.60. The number of benzene rings is 3. The molecule has 3 aromatic rings. The molecule has 6 nitrogen and oxygen atoms in total. The molecule has 0 saturated carbocycles. The van der Waals surface area contributed by atoms with Gasteiger partial charge in [-0.2, -0.15) is 0 Å². The van der Waals surface area contributed by atoms with Gasteiger partial charge in [-0.1, -0.05) is 84.9 Å². The lowest BCUT2D eigenvalue weighted by Crippen LogP contribution is -2.45. The van der Waals surface area contributed by atoms with Crippen LogP contribution in [0.4, 0.5) is 0 Å². The van der Waals surface area contributed by atoms with E-state index >= 15 is 0 Å². The number of hydrogen-bond donors (Lipinski definition) is 2. The Morgan fingerprint density at radius 2 is 1.50 bits per heavy atom. The number of carbonyl (C=O) groups excluding carboxylic acids is 1. The van der Waals surface area contributed by atoms with Crippen molar-refractivity contribution in [3.63, 3.8) is 0 Å². The van der Waals surface area contributed by atoms with E-state index in [9.17, 15) is 13.2 Å². The molecular formula is C25H25N3O3S. The van der Waals surface area contributed by atoms with Crippen LogP contribution in [0.15, 0.2) is 84.9 Å². The maximum atomic E-state index is 13.8. The molecule has 1 fully saturated rings. The fourth-order valence-electron chi connectivity index (χ4n) is 4.06. The minimum atomic E-state index is -3.25. The Labute approximate surface area is 188 Å². The van der Waals surface area contributed by atoms with Crippen LogP contribution in [-0.4, -0.2) is 31.4 Å². The molecule has 7 heteroatoms. The summed E-state index contributed by atoms with van der Waals surface area (Å²) < 4.78 is 24.0. The van der Waals surface area contributed by atoms with Crippen LogP contribution in [-0.2, 0) is 26.7 Å². The molecule has 0 bridgehead atoms. The molecule has 1 aliphatic heterocycles. The van der Waals surface area contributed by atoms with Crippen molar-refractivity contribution in [1.29, 1.82) is 5.41 Å². The summed E-state index contributed by atoms with van der Waals surface area (Å²) in [6.07, 6.45) is 1.21. The summed E-state index contributed by atoms with van der Waals surface area (Å²) in [5, 5.41) is 11.1. The van der Waals surface area contributed by atoms with E-state index < -0.39 is 20.6 Å². The lowest BCUT2D eigenvalue weighted by atomic mass is 9.82. The summed E-state index contributed by atoms with van der Waals surface area (Å²) in [6, 6.07) is 26.0. The van der Waals surface area contributed by atoms with E-state index in [1.165, 1.54) is 11.2 Å². The van der Waals surface area contributed by atoms with E-state index in [1.807, 2.05) is 66.7 Å².